The molecule has 0 aliphatic rings. The summed E-state index contributed by atoms with van der Waals surface area (Å²) in [6.07, 6.45) is 1.17. The maximum absolute atomic E-state index is 12.1. The third-order valence-corrected chi connectivity index (χ3v) is 4.26. The molecule has 0 bridgehead atoms. The molecule has 0 aliphatic heterocycles. The second-order valence-electron chi connectivity index (χ2n) is 5.28. The number of hydrogen-bond donors (Lipinski definition) is 1. The second kappa shape index (κ2) is 6.50. The topological polar surface area (TPSA) is 79.6 Å². The van der Waals surface area contributed by atoms with Crippen LogP contribution in [0.2, 0.25) is 0 Å². The monoisotopic (exact) mass is 324 g/mol. The number of amides is 1. The van der Waals surface area contributed by atoms with Gasteiger partial charge in [0.2, 0.25) is 15.9 Å². The third kappa shape index (κ3) is 4.08. The molecule has 2 aromatic rings. The Labute approximate surface area is 130 Å². The highest BCUT2D eigenvalue weighted by molar-refractivity contribution is 7.88. The van der Waals surface area contributed by atoms with Gasteiger partial charge in [0, 0.05) is 25.4 Å². The summed E-state index contributed by atoms with van der Waals surface area (Å²) in [5, 5.41) is 0.990. The van der Waals surface area contributed by atoms with Gasteiger partial charge in [-0.25, -0.2) is 13.1 Å². The van der Waals surface area contributed by atoms with E-state index in [-0.39, 0.29) is 24.9 Å². The number of furan rings is 1. The molecule has 1 aromatic heterocycles. The molecule has 1 aromatic carbocycles. The molecule has 1 unspecified atom stereocenters. The van der Waals surface area contributed by atoms with Crippen LogP contribution in [0.4, 0.5) is 0 Å². The standard InChI is InChI=1S/C15H20N2O4S/c1-11(14-10-12-6-4-5-7-13(12)21-14)17(2)15(18)8-9-16-22(3,19)20/h4-7,10-11,16H,8-9H2,1-3H3. The molecular formula is C15H20N2O4S. The predicted octanol–water partition coefficient (Wildman–Crippen LogP) is 1.89. The van der Waals surface area contributed by atoms with Crippen LogP contribution in [0.15, 0.2) is 34.7 Å². The van der Waals surface area contributed by atoms with Crippen molar-refractivity contribution in [2.75, 3.05) is 19.8 Å². The Kier molecular flexibility index (Phi) is 4.87. The van der Waals surface area contributed by atoms with E-state index in [1.807, 2.05) is 37.3 Å². The molecule has 0 saturated heterocycles. The van der Waals surface area contributed by atoms with E-state index >= 15 is 0 Å². The smallest absolute Gasteiger partial charge is 0.224 e. The lowest BCUT2D eigenvalue weighted by Crippen LogP contribution is -2.33. The van der Waals surface area contributed by atoms with Crippen LogP contribution in [0.5, 0.6) is 0 Å². The van der Waals surface area contributed by atoms with Gasteiger partial charge < -0.3 is 9.32 Å². The molecule has 2 rings (SSSR count). The summed E-state index contributed by atoms with van der Waals surface area (Å²) in [5.74, 6) is 0.553. The number of fused-ring (bicyclic) bond motifs is 1. The number of sulfonamides is 1. The number of nitrogens with one attached hydrogen (secondary N) is 1. The average molecular weight is 324 g/mol. The Hall–Kier alpha value is -1.86. The van der Waals surface area contributed by atoms with E-state index in [0.29, 0.717) is 5.76 Å². The molecule has 0 saturated carbocycles. The fourth-order valence-electron chi connectivity index (χ4n) is 2.13. The van der Waals surface area contributed by atoms with Gasteiger partial charge >= 0.3 is 0 Å². The molecule has 120 valence electrons. The maximum Gasteiger partial charge on any atom is 0.224 e. The Morgan fingerprint density at radius 2 is 2.05 bits per heavy atom. The lowest BCUT2D eigenvalue weighted by Gasteiger charge is -2.23. The molecule has 6 nitrogen and oxygen atoms in total. The quantitative estimate of drug-likeness (QED) is 0.880. The SMILES string of the molecule is CC(c1cc2ccccc2o1)N(C)C(=O)CCNS(C)(=O)=O. The van der Waals surface area contributed by atoms with Crippen LogP contribution in [0.25, 0.3) is 11.0 Å². The van der Waals surface area contributed by atoms with Crippen molar-refractivity contribution in [1.29, 1.82) is 0 Å². The number of para-hydroxylation sites is 1. The van der Waals surface area contributed by atoms with Gasteiger partial charge in [0.25, 0.3) is 0 Å². The van der Waals surface area contributed by atoms with E-state index in [9.17, 15) is 13.2 Å². The van der Waals surface area contributed by atoms with Crippen LogP contribution in [0.3, 0.4) is 0 Å². The van der Waals surface area contributed by atoms with E-state index in [1.165, 1.54) is 0 Å². The van der Waals surface area contributed by atoms with Gasteiger partial charge in [-0.1, -0.05) is 18.2 Å². The van der Waals surface area contributed by atoms with Gasteiger partial charge in [-0.3, -0.25) is 4.79 Å². The van der Waals surface area contributed by atoms with Crippen LogP contribution in [-0.2, 0) is 14.8 Å². The fourth-order valence-corrected chi connectivity index (χ4v) is 2.61. The lowest BCUT2D eigenvalue weighted by atomic mass is 10.2. The van der Waals surface area contributed by atoms with Gasteiger partial charge in [0.05, 0.1) is 12.3 Å². The van der Waals surface area contributed by atoms with E-state index in [2.05, 4.69) is 4.72 Å². The van der Waals surface area contributed by atoms with Crippen molar-refractivity contribution < 1.29 is 17.6 Å². The van der Waals surface area contributed by atoms with Crippen molar-refractivity contribution in [3.8, 4) is 0 Å². The first-order chi connectivity index (χ1) is 10.3. The second-order valence-corrected chi connectivity index (χ2v) is 7.12. The predicted molar refractivity (Wildman–Crippen MR) is 84.9 cm³/mol. The number of carbonyl (C=O) groups excluding carboxylic acids is 1. The molecule has 0 spiro atoms. The van der Waals surface area contributed by atoms with Crippen LogP contribution in [0.1, 0.15) is 25.1 Å². The minimum Gasteiger partial charge on any atom is -0.459 e. The first kappa shape index (κ1) is 16.5. The Balaban J connectivity index is 2.01. The number of carbonyl (C=O) groups is 1. The first-order valence-corrected chi connectivity index (χ1v) is 8.86. The van der Waals surface area contributed by atoms with Crippen LogP contribution < -0.4 is 4.72 Å². The van der Waals surface area contributed by atoms with Crippen LogP contribution in [-0.4, -0.2) is 39.1 Å². The minimum absolute atomic E-state index is 0.0921. The fraction of sp³-hybridized carbons (Fsp3) is 0.400. The first-order valence-electron chi connectivity index (χ1n) is 6.96. The summed E-state index contributed by atoms with van der Waals surface area (Å²) in [7, 11) is -1.59. The lowest BCUT2D eigenvalue weighted by molar-refractivity contribution is -0.131. The van der Waals surface area contributed by atoms with Crippen molar-refractivity contribution >= 4 is 26.9 Å². The molecule has 1 N–H and O–H groups in total. The van der Waals surface area contributed by atoms with E-state index < -0.39 is 10.0 Å². The van der Waals surface area contributed by atoms with Gasteiger partial charge in [0.15, 0.2) is 0 Å². The summed E-state index contributed by atoms with van der Waals surface area (Å²) in [4.78, 5) is 13.7. The van der Waals surface area contributed by atoms with Crippen molar-refractivity contribution in [3.05, 3.63) is 36.1 Å². The van der Waals surface area contributed by atoms with Crippen LogP contribution >= 0.6 is 0 Å². The van der Waals surface area contributed by atoms with Gasteiger partial charge in [-0.05, 0) is 19.1 Å². The normalized spacial score (nSPS) is 13.2. The van der Waals surface area contributed by atoms with Crippen molar-refractivity contribution in [2.45, 2.75) is 19.4 Å². The molecule has 0 fully saturated rings. The summed E-state index contributed by atoms with van der Waals surface area (Å²) in [6, 6.07) is 9.34. The summed E-state index contributed by atoms with van der Waals surface area (Å²) in [5.41, 5.74) is 0.781. The van der Waals surface area contributed by atoms with E-state index in [1.54, 1.807) is 11.9 Å². The highest BCUT2D eigenvalue weighted by atomic mass is 32.2. The van der Waals surface area contributed by atoms with E-state index in [4.69, 9.17) is 4.42 Å². The molecule has 0 radical (unpaired) electrons. The Morgan fingerprint density at radius 1 is 1.36 bits per heavy atom. The average Bonchev–Trinajstić information content (AvgIpc) is 2.88. The highest BCUT2D eigenvalue weighted by Crippen LogP contribution is 2.26. The molecule has 7 heteroatoms. The Morgan fingerprint density at radius 3 is 2.68 bits per heavy atom. The van der Waals surface area contributed by atoms with Gasteiger partial charge in [-0.15, -0.1) is 0 Å². The molecule has 1 atom stereocenters. The highest BCUT2D eigenvalue weighted by Gasteiger charge is 2.20. The number of rotatable bonds is 6. The summed E-state index contributed by atoms with van der Waals surface area (Å²) in [6.45, 7) is 1.97. The summed E-state index contributed by atoms with van der Waals surface area (Å²) < 4.78 is 30.0. The third-order valence-electron chi connectivity index (χ3n) is 3.53. The van der Waals surface area contributed by atoms with Gasteiger partial charge in [-0.2, -0.15) is 0 Å². The van der Waals surface area contributed by atoms with Crippen molar-refractivity contribution in [2.24, 2.45) is 0 Å². The van der Waals surface area contributed by atoms with Crippen molar-refractivity contribution in [1.82, 2.24) is 9.62 Å². The molecular weight excluding hydrogens is 304 g/mol. The zero-order valence-electron chi connectivity index (χ0n) is 12.9. The zero-order valence-corrected chi connectivity index (χ0v) is 13.7. The van der Waals surface area contributed by atoms with Crippen molar-refractivity contribution in [3.63, 3.8) is 0 Å². The molecule has 1 amide bonds. The molecule has 1 heterocycles. The Bertz CT molecular complexity index is 734. The largest absolute Gasteiger partial charge is 0.459 e. The van der Waals surface area contributed by atoms with E-state index in [0.717, 1.165) is 17.2 Å². The van der Waals surface area contributed by atoms with Crippen LogP contribution in [0, 0.1) is 0 Å². The zero-order chi connectivity index (χ0) is 16.3. The summed E-state index contributed by atoms with van der Waals surface area (Å²) >= 11 is 0. The number of hydrogen-bond acceptors (Lipinski definition) is 4. The number of benzene rings is 1. The molecule has 0 aliphatic carbocycles. The maximum atomic E-state index is 12.1. The molecule has 22 heavy (non-hydrogen) atoms. The number of nitrogens with zero attached hydrogens (tertiary/aromatic N) is 1. The minimum atomic E-state index is -3.27. The van der Waals surface area contributed by atoms with Gasteiger partial charge in [0.1, 0.15) is 11.3 Å².